The van der Waals surface area contributed by atoms with Gasteiger partial charge in [0, 0.05) is 25.0 Å². The van der Waals surface area contributed by atoms with Crippen LogP contribution >= 0.6 is 23.2 Å². The second-order valence-electron chi connectivity index (χ2n) is 6.86. The van der Waals surface area contributed by atoms with Gasteiger partial charge in [0.05, 0.1) is 10.0 Å². The van der Waals surface area contributed by atoms with Crippen LogP contribution in [-0.4, -0.2) is 37.8 Å². The van der Waals surface area contributed by atoms with Gasteiger partial charge in [-0.3, -0.25) is 4.79 Å². The number of amides is 1. The Labute approximate surface area is 158 Å². The second kappa shape index (κ2) is 7.43. The van der Waals surface area contributed by atoms with Crippen LogP contribution in [0.4, 0.5) is 0 Å². The lowest BCUT2D eigenvalue weighted by atomic mass is 9.96. The zero-order valence-corrected chi connectivity index (χ0v) is 16.4. The molecule has 5 nitrogen and oxygen atoms in total. The van der Waals surface area contributed by atoms with Crippen molar-refractivity contribution in [3.63, 3.8) is 0 Å². The summed E-state index contributed by atoms with van der Waals surface area (Å²) in [5.41, 5.74) is 0. The highest BCUT2D eigenvalue weighted by Crippen LogP contribution is 2.34. The molecule has 1 aliphatic carbocycles. The van der Waals surface area contributed by atoms with Crippen molar-refractivity contribution < 1.29 is 13.2 Å². The molecule has 0 bridgehead atoms. The third-order valence-electron chi connectivity index (χ3n) is 5.04. The standard InChI is InChI=1S/C17H22Cl2N2O3S/c1-11(12-5-6-12)20-17(22)13-7-9-21(10-8-13)25(23,24)16-14(18)3-2-4-15(16)19/h2-4,11-13H,5-10H2,1H3,(H,20,22). The minimum Gasteiger partial charge on any atom is -0.353 e. The molecule has 25 heavy (non-hydrogen) atoms. The highest BCUT2D eigenvalue weighted by atomic mass is 35.5. The Morgan fingerprint density at radius 3 is 2.24 bits per heavy atom. The van der Waals surface area contributed by atoms with E-state index in [0.717, 1.165) is 0 Å². The predicted octanol–water partition coefficient (Wildman–Crippen LogP) is 3.31. The first kappa shape index (κ1) is 19.0. The van der Waals surface area contributed by atoms with Crippen molar-refractivity contribution in [1.29, 1.82) is 0 Å². The third kappa shape index (κ3) is 4.13. The number of halogens is 2. The van der Waals surface area contributed by atoms with Crippen LogP contribution in [0.15, 0.2) is 23.1 Å². The summed E-state index contributed by atoms with van der Waals surface area (Å²) in [6.07, 6.45) is 3.36. The molecule has 1 aromatic rings. The maximum atomic E-state index is 12.8. The fourth-order valence-electron chi connectivity index (χ4n) is 3.27. The molecule has 3 rings (SSSR count). The number of hydrogen-bond donors (Lipinski definition) is 1. The van der Waals surface area contributed by atoms with Gasteiger partial charge in [-0.1, -0.05) is 29.3 Å². The van der Waals surface area contributed by atoms with Crippen LogP contribution in [0.1, 0.15) is 32.6 Å². The SMILES string of the molecule is CC(NC(=O)C1CCN(S(=O)(=O)c2c(Cl)cccc2Cl)CC1)C1CC1. The Morgan fingerprint density at radius 1 is 1.16 bits per heavy atom. The molecule has 1 N–H and O–H groups in total. The van der Waals surface area contributed by atoms with Crippen molar-refractivity contribution in [3.8, 4) is 0 Å². The normalized spacial score (nSPS) is 21.1. The molecule has 0 aromatic heterocycles. The van der Waals surface area contributed by atoms with E-state index in [-0.39, 0.29) is 32.8 Å². The quantitative estimate of drug-likeness (QED) is 0.818. The van der Waals surface area contributed by atoms with E-state index >= 15 is 0 Å². The van der Waals surface area contributed by atoms with Gasteiger partial charge >= 0.3 is 0 Å². The molecule has 138 valence electrons. The minimum atomic E-state index is -3.76. The molecule has 1 aromatic carbocycles. The molecule has 8 heteroatoms. The van der Waals surface area contributed by atoms with Gasteiger partial charge in [-0.2, -0.15) is 4.31 Å². The van der Waals surface area contributed by atoms with Gasteiger partial charge < -0.3 is 5.32 Å². The zero-order valence-electron chi connectivity index (χ0n) is 14.0. The predicted molar refractivity (Wildman–Crippen MR) is 98.3 cm³/mol. The van der Waals surface area contributed by atoms with E-state index in [4.69, 9.17) is 23.2 Å². The summed E-state index contributed by atoms with van der Waals surface area (Å²) in [5.74, 6) is 0.494. The molecule has 1 heterocycles. The highest BCUT2D eigenvalue weighted by Gasteiger charge is 2.36. The number of hydrogen-bond acceptors (Lipinski definition) is 3. The molecule has 0 spiro atoms. The molecular weight excluding hydrogens is 383 g/mol. The Bertz CT molecular complexity index is 737. The first-order chi connectivity index (χ1) is 11.8. The van der Waals surface area contributed by atoms with Crippen LogP contribution in [0.25, 0.3) is 0 Å². The van der Waals surface area contributed by atoms with E-state index in [1.165, 1.54) is 29.3 Å². The summed E-state index contributed by atoms with van der Waals surface area (Å²) >= 11 is 12.1. The summed E-state index contributed by atoms with van der Waals surface area (Å²) in [5, 5.41) is 3.30. The van der Waals surface area contributed by atoms with Crippen molar-refractivity contribution in [3.05, 3.63) is 28.2 Å². The molecule has 1 saturated carbocycles. The monoisotopic (exact) mass is 404 g/mol. The minimum absolute atomic E-state index is 0.0345. The van der Waals surface area contributed by atoms with Crippen LogP contribution in [-0.2, 0) is 14.8 Å². The lowest BCUT2D eigenvalue weighted by Crippen LogP contribution is -2.45. The van der Waals surface area contributed by atoms with Crippen LogP contribution < -0.4 is 5.32 Å². The summed E-state index contributed by atoms with van der Waals surface area (Å²) in [6.45, 7) is 2.62. The number of piperidine rings is 1. The lowest BCUT2D eigenvalue weighted by Gasteiger charge is -2.31. The van der Waals surface area contributed by atoms with Gasteiger partial charge in [-0.05, 0) is 50.7 Å². The summed E-state index contributed by atoms with van der Waals surface area (Å²) in [4.78, 5) is 12.3. The van der Waals surface area contributed by atoms with Gasteiger partial charge in [0.2, 0.25) is 15.9 Å². The molecule has 2 aliphatic rings. The fraction of sp³-hybridized carbons (Fsp3) is 0.588. The molecule has 1 amide bonds. The van der Waals surface area contributed by atoms with Gasteiger partial charge in [0.1, 0.15) is 4.90 Å². The Balaban J connectivity index is 1.64. The molecule has 1 atom stereocenters. The Morgan fingerprint density at radius 2 is 1.72 bits per heavy atom. The smallest absolute Gasteiger partial charge is 0.246 e. The van der Waals surface area contributed by atoms with Crippen molar-refractivity contribution in [2.75, 3.05) is 13.1 Å². The van der Waals surface area contributed by atoms with Crippen LogP contribution in [0.3, 0.4) is 0 Å². The molecule has 2 fully saturated rings. The molecule has 1 saturated heterocycles. The van der Waals surface area contributed by atoms with Crippen molar-refractivity contribution in [1.82, 2.24) is 9.62 Å². The molecular formula is C17H22Cl2N2O3S. The van der Waals surface area contributed by atoms with Crippen LogP contribution in [0.5, 0.6) is 0 Å². The highest BCUT2D eigenvalue weighted by molar-refractivity contribution is 7.89. The van der Waals surface area contributed by atoms with E-state index < -0.39 is 10.0 Å². The number of sulfonamides is 1. The average molecular weight is 405 g/mol. The van der Waals surface area contributed by atoms with Crippen LogP contribution in [0.2, 0.25) is 10.0 Å². The number of rotatable bonds is 5. The number of benzene rings is 1. The van der Waals surface area contributed by atoms with Crippen molar-refractivity contribution in [2.24, 2.45) is 11.8 Å². The topological polar surface area (TPSA) is 66.5 Å². The maximum Gasteiger partial charge on any atom is 0.246 e. The number of carbonyl (C=O) groups is 1. The number of carbonyl (C=O) groups excluding carboxylic acids is 1. The van der Waals surface area contributed by atoms with E-state index in [9.17, 15) is 13.2 Å². The van der Waals surface area contributed by atoms with Gasteiger partial charge in [0.25, 0.3) is 0 Å². The fourth-order valence-corrected chi connectivity index (χ4v) is 5.83. The van der Waals surface area contributed by atoms with E-state index in [1.54, 1.807) is 6.07 Å². The van der Waals surface area contributed by atoms with Crippen molar-refractivity contribution >= 4 is 39.1 Å². The Hall–Kier alpha value is -0.820. The van der Waals surface area contributed by atoms with Crippen molar-refractivity contribution in [2.45, 2.75) is 43.5 Å². The van der Waals surface area contributed by atoms with Gasteiger partial charge in [-0.25, -0.2) is 8.42 Å². The molecule has 1 unspecified atom stereocenters. The Kier molecular flexibility index (Phi) is 5.63. The maximum absolute atomic E-state index is 12.8. The summed E-state index contributed by atoms with van der Waals surface area (Å²) in [7, 11) is -3.76. The first-order valence-corrected chi connectivity index (χ1v) is 10.7. The number of nitrogens with zero attached hydrogens (tertiary/aromatic N) is 1. The van der Waals surface area contributed by atoms with Crippen LogP contribution in [0, 0.1) is 11.8 Å². The second-order valence-corrected chi connectivity index (χ2v) is 9.55. The van der Waals surface area contributed by atoms with E-state index in [0.29, 0.717) is 31.8 Å². The summed E-state index contributed by atoms with van der Waals surface area (Å²) in [6, 6.07) is 4.84. The van der Waals surface area contributed by atoms with E-state index in [2.05, 4.69) is 5.32 Å². The summed E-state index contributed by atoms with van der Waals surface area (Å²) < 4.78 is 27.0. The first-order valence-electron chi connectivity index (χ1n) is 8.55. The lowest BCUT2D eigenvalue weighted by molar-refractivity contribution is -0.126. The largest absolute Gasteiger partial charge is 0.353 e. The van der Waals surface area contributed by atoms with Gasteiger partial charge in [-0.15, -0.1) is 0 Å². The average Bonchev–Trinajstić information content (AvgIpc) is 3.39. The number of nitrogens with one attached hydrogen (secondary N) is 1. The van der Waals surface area contributed by atoms with E-state index in [1.807, 2.05) is 6.92 Å². The zero-order chi connectivity index (χ0) is 18.2. The van der Waals surface area contributed by atoms with Gasteiger partial charge in [0.15, 0.2) is 0 Å². The molecule has 1 aliphatic heterocycles. The third-order valence-corrected chi connectivity index (χ3v) is 7.90. The molecule has 0 radical (unpaired) electrons.